The molecular weight excluding hydrogens is 286 g/mol. The van der Waals surface area contributed by atoms with Gasteiger partial charge in [-0.25, -0.2) is 4.98 Å². The number of aryl methyl sites for hydroxylation is 1. The summed E-state index contributed by atoms with van der Waals surface area (Å²) in [5.41, 5.74) is 2.87. The lowest BCUT2D eigenvalue weighted by atomic mass is 10.1. The predicted octanol–water partition coefficient (Wildman–Crippen LogP) is 4.66. The van der Waals surface area contributed by atoms with Crippen molar-refractivity contribution in [2.45, 2.75) is 39.7 Å². The first-order chi connectivity index (χ1) is 9.88. The topological polar surface area (TPSA) is 68.1 Å². The molecule has 0 saturated heterocycles. The average Bonchev–Trinajstić information content (AvgIpc) is 2.90. The number of non-ortho nitro benzene ring substituents is 1. The van der Waals surface area contributed by atoms with Crippen LogP contribution in [0.15, 0.2) is 23.6 Å². The Bertz CT molecular complexity index is 652. The fourth-order valence-corrected chi connectivity index (χ4v) is 2.92. The lowest BCUT2D eigenvalue weighted by Crippen LogP contribution is -2.08. The van der Waals surface area contributed by atoms with Gasteiger partial charge >= 0.3 is 0 Å². The van der Waals surface area contributed by atoms with Gasteiger partial charge in [0.2, 0.25) is 0 Å². The van der Waals surface area contributed by atoms with Gasteiger partial charge in [-0.05, 0) is 25.5 Å². The van der Waals surface area contributed by atoms with Crippen molar-refractivity contribution < 1.29 is 4.92 Å². The summed E-state index contributed by atoms with van der Waals surface area (Å²) in [7, 11) is 0. The molecule has 1 unspecified atom stereocenters. The van der Waals surface area contributed by atoms with Crippen LogP contribution in [-0.2, 0) is 0 Å². The Balaban J connectivity index is 2.15. The van der Waals surface area contributed by atoms with Crippen LogP contribution in [-0.4, -0.2) is 9.91 Å². The first-order valence-electron chi connectivity index (χ1n) is 6.85. The van der Waals surface area contributed by atoms with Crippen molar-refractivity contribution in [2.24, 2.45) is 0 Å². The van der Waals surface area contributed by atoms with E-state index < -0.39 is 0 Å². The van der Waals surface area contributed by atoms with Gasteiger partial charge in [0.25, 0.3) is 5.69 Å². The molecule has 0 aliphatic carbocycles. The van der Waals surface area contributed by atoms with Gasteiger partial charge in [0.1, 0.15) is 0 Å². The van der Waals surface area contributed by atoms with Gasteiger partial charge in [0, 0.05) is 29.1 Å². The number of thiazole rings is 1. The van der Waals surface area contributed by atoms with E-state index in [1.807, 2.05) is 13.8 Å². The van der Waals surface area contributed by atoms with Gasteiger partial charge < -0.3 is 5.32 Å². The van der Waals surface area contributed by atoms with Crippen molar-refractivity contribution in [3.63, 3.8) is 0 Å². The molecule has 0 spiro atoms. The summed E-state index contributed by atoms with van der Waals surface area (Å²) in [5, 5.41) is 17.3. The molecule has 6 heteroatoms. The summed E-state index contributed by atoms with van der Waals surface area (Å²) in [6, 6.07) is 4.91. The van der Waals surface area contributed by atoms with Gasteiger partial charge in [-0.15, -0.1) is 11.3 Å². The van der Waals surface area contributed by atoms with E-state index in [2.05, 4.69) is 29.5 Å². The SMILES string of the molecule is Cc1cc([N+](=O)[O-])ccc1NC(C)c1csc(C(C)C)n1. The molecule has 1 heterocycles. The molecule has 0 fully saturated rings. The molecule has 0 radical (unpaired) electrons. The molecular formula is C15H19N3O2S. The Morgan fingerprint density at radius 3 is 2.57 bits per heavy atom. The van der Waals surface area contributed by atoms with Crippen LogP contribution in [0.5, 0.6) is 0 Å². The quantitative estimate of drug-likeness (QED) is 0.644. The summed E-state index contributed by atoms with van der Waals surface area (Å²) in [6.45, 7) is 8.16. The molecule has 2 aromatic rings. The Kier molecular flexibility index (Phi) is 4.57. The van der Waals surface area contributed by atoms with Crippen molar-refractivity contribution in [1.29, 1.82) is 0 Å². The Morgan fingerprint density at radius 1 is 1.33 bits per heavy atom. The number of hydrogen-bond donors (Lipinski definition) is 1. The molecule has 5 nitrogen and oxygen atoms in total. The summed E-state index contributed by atoms with van der Waals surface area (Å²) in [4.78, 5) is 15.0. The number of hydrogen-bond acceptors (Lipinski definition) is 5. The number of nitrogens with one attached hydrogen (secondary N) is 1. The molecule has 0 aliphatic rings. The van der Waals surface area contributed by atoms with E-state index in [1.165, 1.54) is 6.07 Å². The van der Waals surface area contributed by atoms with Crippen LogP contribution in [0.3, 0.4) is 0 Å². The second-order valence-corrected chi connectivity index (χ2v) is 6.28. The fourth-order valence-electron chi connectivity index (χ4n) is 2.00. The second kappa shape index (κ2) is 6.22. The van der Waals surface area contributed by atoms with E-state index in [4.69, 9.17) is 0 Å². The zero-order valence-corrected chi connectivity index (χ0v) is 13.4. The molecule has 2 rings (SSSR count). The third-order valence-electron chi connectivity index (χ3n) is 3.27. The normalized spacial score (nSPS) is 12.4. The Morgan fingerprint density at radius 2 is 2.05 bits per heavy atom. The van der Waals surface area contributed by atoms with E-state index in [0.29, 0.717) is 5.92 Å². The van der Waals surface area contributed by atoms with Crippen LogP contribution in [0.4, 0.5) is 11.4 Å². The molecule has 0 aliphatic heterocycles. The van der Waals surface area contributed by atoms with Gasteiger partial charge in [-0.1, -0.05) is 13.8 Å². The molecule has 1 aromatic carbocycles. The summed E-state index contributed by atoms with van der Waals surface area (Å²) >= 11 is 1.67. The number of benzene rings is 1. The van der Waals surface area contributed by atoms with Crippen molar-refractivity contribution in [1.82, 2.24) is 4.98 Å². The van der Waals surface area contributed by atoms with Gasteiger partial charge in [-0.2, -0.15) is 0 Å². The molecule has 1 atom stereocenters. The highest BCUT2D eigenvalue weighted by molar-refractivity contribution is 7.09. The smallest absolute Gasteiger partial charge is 0.269 e. The Labute approximate surface area is 128 Å². The van der Waals surface area contributed by atoms with E-state index in [0.717, 1.165) is 22.0 Å². The monoisotopic (exact) mass is 305 g/mol. The average molecular weight is 305 g/mol. The lowest BCUT2D eigenvalue weighted by Gasteiger charge is -2.15. The van der Waals surface area contributed by atoms with E-state index >= 15 is 0 Å². The maximum atomic E-state index is 10.8. The molecule has 1 aromatic heterocycles. The molecule has 0 saturated carbocycles. The highest BCUT2D eigenvalue weighted by Gasteiger charge is 2.14. The van der Waals surface area contributed by atoms with E-state index in [9.17, 15) is 10.1 Å². The highest BCUT2D eigenvalue weighted by atomic mass is 32.1. The van der Waals surface area contributed by atoms with Crippen LogP contribution in [0.25, 0.3) is 0 Å². The lowest BCUT2D eigenvalue weighted by molar-refractivity contribution is -0.384. The fraction of sp³-hybridized carbons (Fsp3) is 0.400. The molecule has 21 heavy (non-hydrogen) atoms. The minimum atomic E-state index is -0.379. The summed E-state index contributed by atoms with van der Waals surface area (Å²) in [5.74, 6) is 0.428. The summed E-state index contributed by atoms with van der Waals surface area (Å²) < 4.78 is 0. The van der Waals surface area contributed by atoms with Gasteiger partial charge in [0.15, 0.2) is 0 Å². The molecule has 0 amide bonds. The van der Waals surface area contributed by atoms with Crippen molar-refractivity contribution in [3.8, 4) is 0 Å². The maximum absolute atomic E-state index is 10.8. The standard InChI is InChI=1S/C15H19N3O2S/c1-9(2)15-17-14(8-21-15)11(4)16-13-6-5-12(18(19)20)7-10(13)3/h5-9,11,16H,1-4H3. The van der Waals surface area contributed by atoms with Crippen LogP contribution in [0.2, 0.25) is 0 Å². The zero-order valence-electron chi connectivity index (χ0n) is 12.6. The third kappa shape index (κ3) is 3.58. The minimum absolute atomic E-state index is 0.0638. The van der Waals surface area contributed by atoms with Gasteiger partial charge in [0.05, 0.1) is 21.7 Å². The number of aromatic nitrogens is 1. The first kappa shape index (κ1) is 15.4. The first-order valence-corrected chi connectivity index (χ1v) is 7.73. The van der Waals surface area contributed by atoms with E-state index in [1.54, 1.807) is 23.5 Å². The third-order valence-corrected chi connectivity index (χ3v) is 4.43. The van der Waals surface area contributed by atoms with Crippen LogP contribution in [0.1, 0.15) is 49.0 Å². The van der Waals surface area contributed by atoms with Crippen LogP contribution < -0.4 is 5.32 Å². The number of nitrogens with zero attached hydrogens (tertiary/aromatic N) is 2. The summed E-state index contributed by atoms with van der Waals surface area (Å²) in [6.07, 6.45) is 0. The Hall–Kier alpha value is -1.95. The molecule has 112 valence electrons. The molecule has 0 bridgehead atoms. The van der Waals surface area contributed by atoms with Crippen LogP contribution >= 0.6 is 11.3 Å². The van der Waals surface area contributed by atoms with E-state index in [-0.39, 0.29) is 16.7 Å². The van der Waals surface area contributed by atoms with Gasteiger partial charge in [-0.3, -0.25) is 10.1 Å². The van der Waals surface area contributed by atoms with Crippen molar-refractivity contribution in [2.75, 3.05) is 5.32 Å². The van der Waals surface area contributed by atoms with Crippen molar-refractivity contribution >= 4 is 22.7 Å². The second-order valence-electron chi connectivity index (χ2n) is 5.39. The predicted molar refractivity (Wildman–Crippen MR) is 86.1 cm³/mol. The maximum Gasteiger partial charge on any atom is 0.269 e. The van der Waals surface area contributed by atoms with Crippen molar-refractivity contribution in [3.05, 3.63) is 50.0 Å². The number of rotatable bonds is 5. The highest BCUT2D eigenvalue weighted by Crippen LogP contribution is 2.27. The number of nitro groups is 1. The zero-order chi connectivity index (χ0) is 15.6. The molecule has 1 N–H and O–H groups in total. The van der Waals surface area contributed by atoms with Crippen LogP contribution in [0, 0.1) is 17.0 Å². The number of anilines is 1. The minimum Gasteiger partial charge on any atom is -0.377 e. The number of nitro benzene ring substituents is 1. The largest absolute Gasteiger partial charge is 0.377 e.